The summed E-state index contributed by atoms with van der Waals surface area (Å²) < 4.78 is 17.1. The third kappa shape index (κ3) is 4.00. The average Bonchev–Trinajstić information content (AvgIpc) is 3.22. The molecule has 3 aromatic rings. The average molecular weight is 498 g/mol. The van der Waals surface area contributed by atoms with E-state index in [0.717, 1.165) is 41.7 Å². The minimum absolute atomic E-state index is 0.0563. The van der Waals surface area contributed by atoms with Crippen molar-refractivity contribution in [3.05, 3.63) is 88.5 Å². The Morgan fingerprint density at radius 1 is 0.892 bits per heavy atom. The Balaban J connectivity index is 1.50. The van der Waals surface area contributed by atoms with E-state index >= 15 is 0 Å². The minimum atomic E-state index is -0.805. The van der Waals surface area contributed by atoms with Gasteiger partial charge in [0.1, 0.15) is 24.7 Å². The van der Waals surface area contributed by atoms with E-state index in [1.54, 1.807) is 24.3 Å². The minimum Gasteiger partial charge on any atom is -0.507 e. The van der Waals surface area contributed by atoms with Crippen LogP contribution in [0.2, 0.25) is 0 Å². The highest BCUT2D eigenvalue weighted by molar-refractivity contribution is 6.51. The molecule has 1 atom stereocenters. The molecule has 0 saturated carbocycles. The predicted molar refractivity (Wildman–Crippen MR) is 138 cm³/mol. The zero-order chi connectivity index (χ0) is 25.5. The van der Waals surface area contributed by atoms with Crippen molar-refractivity contribution in [2.45, 2.75) is 32.2 Å². The molecule has 1 amide bonds. The van der Waals surface area contributed by atoms with Gasteiger partial charge in [-0.2, -0.15) is 0 Å². The highest BCUT2D eigenvalue weighted by Gasteiger charge is 2.47. The number of nitrogens with zero attached hydrogens (tertiary/aromatic N) is 1. The first-order valence-corrected chi connectivity index (χ1v) is 12.6. The summed E-state index contributed by atoms with van der Waals surface area (Å²) in [7, 11) is 0. The number of fused-ring (bicyclic) bond motifs is 2. The van der Waals surface area contributed by atoms with Gasteiger partial charge in [0, 0.05) is 17.3 Å². The first kappa shape index (κ1) is 23.2. The molecule has 0 spiro atoms. The molecule has 3 aromatic carbocycles. The van der Waals surface area contributed by atoms with Gasteiger partial charge in [0.05, 0.1) is 18.2 Å². The second-order valence-corrected chi connectivity index (χ2v) is 9.37. The van der Waals surface area contributed by atoms with Crippen LogP contribution in [-0.2, 0) is 22.4 Å². The SMILES string of the molecule is CCc1ccc(C2/C(=C(\O)c3ccc4c(c3)CCCO4)C(=O)C(=O)N2c2ccc3c(c2)OCCO3)cc1. The number of hydrogen-bond acceptors (Lipinski definition) is 6. The zero-order valence-corrected chi connectivity index (χ0v) is 20.5. The van der Waals surface area contributed by atoms with Gasteiger partial charge in [-0.3, -0.25) is 14.5 Å². The number of benzene rings is 3. The molecule has 7 nitrogen and oxygen atoms in total. The fourth-order valence-electron chi connectivity index (χ4n) is 5.19. The molecule has 3 heterocycles. The Kier molecular flexibility index (Phi) is 5.83. The van der Waals surface area contributed by atoms with Gasteiger partial charge < -0.3 is 19.3 Å². The van der Waals surface area contributed by atoms with Crippen molar-refractivity contribution in [3.8, 4) is 17.2 Å². The van der Waals surface area contributed by atoms with E-state index in [9.17, 15) is 14.7 Å². The number of aliphatic hydroxyl groups excluding tert-OH is 1. The summed E-state index contributed by atoms with van der Waals surface area (Å²) in [5.41, 5.74) is 3.87. The number of hydrogen-bond donors (Lipinski definition) is 1. The van der Waals surface area contributed by atoms with Crippen molar-refractivity contribution in [3.63, 3.8) is 0 Å². The first-order valence-electron chi connectivity index (χ1n) is 12.6. The maximum Gasteiger partial charge on any atom is 0.300 e. The number of amides is 1. The lowest BCUT2D eigenvalue weighted by Gasteiger charge is -2.27. The van der Waals surface area contributed by atoms with Crippen LogP contribution in [0.4, 0.5) is 5.69 Å². The van der Waals surface area contributed by atoms with Crippen LogP contribution >= 0.6 is 0 Å². The molecule has 0 bridgehead atoms. The maximum atomic E-state index is 13.5. The second-order valence-electron chi connectivity index (χ2n) is 9.37. The number of anilines is 1. The number of aliphatic hydroxyl groups is 1. The third-order valence-corrected chi connectivity index (χ3v) is 7.13. The molecule has 37 heavy (non-hydrogen) atoms. The number of aryl methyl sites for hydroxylation is 2. The van der Waals surface area contributed by atoms with E-state index < -0.39 is 17.7 Å². The van der Waals surface area contributed by atoms with E-state index in [4.69, 9.17) is 14.2 Å². The summed E-state index contributed by atoms with van der Waals surface area (Å²) in [6.45, 7) is 3.58. The molecule has 188 valence electrons. The van der Waals surface area contributed by atoms with Crippen LogP contribution in [0.5, 0.6) is 17.2 Å². The summed E-state index contributed by atoms with van der Waals surface area (Å²) in [5, 5.41) is 11.5. The Morgan fingerprint density at radius 2 is 1.62 bits per heavy atom. The van der Waals surface area contributed by atoms with Crippen molar-refractivity contribution >= 4 is 23.1 Å². The van der Waals surface area contributed by atoms with Crippen molar-refractivity contribution < 1.29 is 28.9 Å². The molecule has 3 aliphatic rings. The number of rotatable bonds is 4. The quantitative estimate of drug-likeness (QED) is 0.311. The smallest absolute Gasteiger partial charge is 0.300 e. The molecular formula is C30H27NO6. The van der Waals surface area contributed by atoms with E-state index in [-0.39, 0.29) is 11.3 Å². The summed E-state index contributed by atoms with van der Waals surface area (Å²) in [4.78, 5) is 28.4. The highest BCUT2D eigenvalue weighted by Crippen LogP contribution is 2.45. The molecule has 0 radical (unpaired) electrons. The summed E-state index contributed by atoms with van der Waals surface area (Å²) in [6, 6.07) is 17.6. The van der Waals surface area contributed by atoms with Crippen LogP contribution in [0.1, 0.15) is 41.6 Å². The van der Waals surface area contributed by atoms with Crippen molar-refractivity contribution in [2.75, 3.05) is 24.7 Å². The number of carbonyl (C=O) groups excluding carboxylic acids is 2. The Morgan fingerprint density at radius 3 is 2.41 bits per heavy atom. The molecule has 7 heteroatoms. The second kappa shape index (κ2) is 9.32. The van der Waals surface area contributed by atoms with Crippen LogP contribution in [0.25, 0.3) is 5.76 Å². The van der Waals surface area contributed by atoms with Gasteiger partial charge >= 0.3 is 0 Å². The van der Waals surface area contributed by atoms with Gasteiger partial charge in [-0.15, -0.1) is 0 Å². The van der Waals surface area contributed by atoms with Crippen molar-refractivity contribution in [2.24, 2.45) is 0 Å². The topological polar surface area (TPSA) is 85.3 Å². The number of ether oxygens (including phenoxy) is 3. The summed E-state index contributed by atoms with van der Waals surface area (Å²) in [6.07, 6.45) is 2.57. The van der Waals surface area contributed by atoms with Gasteiger partial charge in [0.15, 0.2) is 11.5 Å². The van der Waals surface area contributed by atoms with Gasteiger partial charge in [-0.05, 0) is 66.3 Å². The fourth-order valence-corrected chi connectivity index (χ4v) is 5.19. The third-order valence-electron chi connectivity index (χ3n) is 7.13. The first-order chi connectivity index (χ1) is 18.0. The van der Waals surface area contributed by atoms with Crippen LogP contribution in [0.3, 0.4) is 0 Å². The van der Waals surface area contributed by atoms with E-state index in [1.807, 2.05) is 36.4 Å². The van der Waals surface area contributed by atoms with Crippen molar-refractivity contribution in [1.29, 1.82) is 0 Å². The molecule has 1 fully saturated rings. The lowest BCUT2D eigenvalue weighted by atomic mass is 9.93. The lowest BCUT2D eigenvalue weighted by molar-refractivity contribution is -0.132. The van der Waals surface area contributed by atoms with Gasteiger partial charge in [-0.25, -0.2) is 0 Å². The molecular weight excluding hydrogens is 470 g/mol. The molecule has 3 aliphatic heterocycles. The molecule has 0 aromatic heterocycles. The monoisotopic (exact) mass is 497 g/mol. The van der Waals surface area contributed by atoms with Crippen LogP contribution < -0.4 is 19.1 Å². The number of Topliss-reactive ketones (excluding diaryl/α,β-unsaturated/α-hetero) is 1. The Hall–Kier alpha value is -4.26. The molecule has 6 rings (SSSR count). The van der Waals surface area contributed by atoms with E-state index in [0.29, 0.717) is 42.6 Å². The van der Waals surface area contributed by atoms with Gasteiger partial charge in [0.2, 0.25) is 0 Å². The Labute approximate surface area is 214 Å². The number of ketones is 1. The van der Waals surface area contributed by atoms with Crippen molar-refractivity contribution in [1.82, 2.24) is 0 Å². The molecule has 0 aliphatic carbocycles. The zero-order valence-electron chi connectivity index (χ0n) is 20.5. The fraction of sp³-hybridized carbons (Fsp3) is 0.267. The maximum absolute atomic E-state index is 13.5. The molecule has 1 N–H and O–H groups in total. The summed E-state index contributed by atoms with van der Waals surface area (Å²) in [5.74, 6) is 0.254. The van der Waals surface area contributed by atoms with Crippen LogP contribution in [0, 0.1) is 0 Å². The largest absolute Gasteiger partial charge is 0.507 e. The number of carbonyl (C=O) groups is 2. The predicted octanol–water partition coefficient (Wildman–Crippen LogP) is 4.97. The van der Waals surface area contributed by atoms with E-state index in [2.05, 4.69) is 6.92 Å². The standard InChI is InChI=1S/C30H27NO6/c1-2-18-5-7-19(8-6-18)27-26(28(32)21-9-11-23-20(16-21)4-3-13-35-23)29(33)30(34)31(27)22-10-12-24-25(17-22)37-15-14-36-24/h5-12,16-17,27,32H,2-4,13-15H2,1H3/b28-26+. The summed E-state index contributed by atoms with van der Waals surface area (Å²) >= 11 is 0. The van der Waals surface area contributed by atoms with Gasteiger partial charge in [0.25, 0.3) is 11.7 Å². The van der Waals surface area contributed by atoms with Gasteiger partial charge in [-0.1, -0.05) is 31.2 Å². The normalized spacial score (nSPS) is 19.9. The highest BCUT2D eigenvalue weighted by atomic mass is 16.6. The Bertz CT molecular complexity index is 1420. The van der Waals surface area contributed by atoms with Crippen LogP contribution in [-0.4, -0.2) is 36.6 Å². The van der Waals surface area contributed by atoms with Crippen LogP contribution in [0.15, 0.2) is 66.2 Å². The molecule has 1 unspecified atom stereocenters. The van der Waals surface area contributed by atoms with E-state index in [1.165, 1.54) is 4.90 Å². The molecule has 1 saturated heterocycles. The lowest BCUT2D eigenvalue weighted by Crippen LogP contribution is -2.29.